The van der Waals surface area contributed by atoms with E-state index < -0.39 is 0 Å². The Bertz CT molecular complexity index is 2390. The molecule has 6 aromatic rings. The van der Waals surface area contributed by atoms with Crippen molar-refractivity contribution in [1.29, 1.82) is 0 Å². The van der Waals surface area contributed by atoms with Gasteiger partial charge in [0.05, 0.1) is 0 Å². The summed E-state index contributed by atoms with van der Waals surface area (Å²) in [5, 5.41) is 0. The maximum absolute atomic E-state index is 2.40. The lowest BCUT2D eigenvalue weighted by Gasteiger charge is -2.30. The van der Waals surface area contributed by atoms with Crippen molar-refractivity contribution >= 4 is 40.6 Å². The lowest BCUT2D eigenvalue weighted by molar-refractivity contribution is 0.660. The van der Waals surface area contributed by atoms with Crippen molar-refractivity contribution in [3.8, 4) is 11.1 Å². The summed E-state index contributed by atoms with van der Waals surface area (Å²) in [6, 6.07) is 54.8. The van der Waals surface area contributed by atoms with Crippen LogP contribution in [0.5, 0.6) is 0 Å². The first-order valence-electron chi connectivity index (χ1n) is 18.6. The van der Waals surface area contributed by atoms with Gasteiger partial charge in [-0.3, -0.25) is 0 Å². The summed E-state index contributed by atoms with van der Waals surface area (Å²) in [6.45, 7) is 4.72. The summed E-state index contributed by atoms with van der Waals surface area (Å²) in [5.74, 6) is 0.468. The molecule has 1 atom stereocenters. The molecule has 256 valence electrons. The quantitative estimate of drug-likeness (QED) is 0.147. The second-order valence-electron chi connectivity index (χ2n) is 14.6. The highest BCUT2D eigenvalue weighted by molar-refractivity contribution is 5.87. The molecule has 0 heterocycles. The van der Waals surface area contributed by atoms with Gasteiger partial charge in [-0.25, -0.2) is 0 Å². The zero-order valence-corrected chi connectivity index (χ0v) is 30.2. The lowest BCUT2D eigenvalue weighted by atomic mass is 9.81. The van der Waals surface area contributed by atoms with Crippen LogP contribution < -0.4 is 9.80 Å². The molecule has 9 rings (SSSR count). The molecule has 2 heteroatoms. The summed E-state index contributed by atoms with van der Waals surface area (Å²) in [4.78, 5) is 4.72. The summed E-state index contributed by atoms with van der Waals surface area (Å²) >= 11 is 0. The van der Waals surface area contributed by atoms with Crippen LogP contribution in [-0.2, 0) is 5.41 Å². The minimum atomic E-state index is -0.140. The normalized spacial score (nSPS) is 16.4. The molecule has 0 bridgehead atoms. The first kappa shape index (κ1) is 32.5. The SMILES string of the molecule is CC1(C)c2cc(/C=C/c3ccc(N(C4=CCC5C=CC=CC5=C4)c4ccccc4)cc3)ccc2-c2ccc(N(c3ccccc3)c3ccccc3)cc21. The summed E-state index contributed by atoms with van der Waals surface area (Å²) < 4.78 is 0. The second kappa shape index (κ2) is 13.6. The van der Waals surface area contributed by atoms with Gasteiger partial charge in [-0.1, -0.05) is 147 Å². The van der Waals surface area contributed by atoms with Crippen LogP contribution in [-0.4, -0.2) is 0 Å². The molecule has 1 unspecified atom stereocenters. The lowest BCUT2D eigenvalue weighted by Crippen LogP contribution is -2.19. The summed E-state index contributed by atoms with van der Waals surface area (Å²) in [6.07, 6.45) is 19.0. The Morgan fingerprint density at radius 1 is 0.528 bits per heavy atom. The molecule has 0 spiro atoms. The van der Waals surface area contributed by atoms with E-state index >= 15 is 0 Å². The average Bonchev–Trinajstić information content (AvgIpc) is 3.44. The molecule has 2 nitrogen and oxygen atoms in total. The summed E-state index contributed by atoms with van der Waals surface area (Å²) in [7, 11) is 0. The van der Waals surface area contributed by atoms with Crippen molar-refractivity contribution < 1.29 is 0 Å². The van der Waals surface area contributed by atoms with Crippen molar-refractivity contribution in [2.45, 2.75) is 25.7 Å². The Morgan fingerprint density at radius 2 is 1.06 bits per heavy atom. The highest BCUT2D eigenvalue weighted by atomic mass is 15.1. The van der Waals surface area contributed by atoms with E-state index in [4.69, 9.17) is 0 Å². The van der Waals surface area contributed by atoms with Crippen LogP contribution >= 0.6 is 0 Å². The van der Waals surface area contributed by atoms with Crippen LogP contribution in [0.1, 0.15) is 42.5 Å². The zero-order chi connectivity index (χ0) is 35.8. The van der Waals surface area contributed by atoms with E-state index in [2.05, 4.69) is 224 Å². The largest absolute Gasteiger partial charge is 0.311 e. The first-order chi connectivity index (χ1) is 26.0. The third kappa shape index (κ3) is 6.17. The second-order valence-corrected chi connectivity index (χ2v) is 14.6. The molecule has 3 aliphatic carbocycles. The van der Waals surface area contributed by atoms with E-state index in [9.17, 15) is 0 Å². The molecule has 0 radical (unpaired) electrons. The van der Waals surface area contributed by atoms with Gasteiger partial charge >= 0.3 is 0 Å². The highest BCUT2D eigenvalue weighted by Crippen LogP contribution is 2.51. The molecular weight excluding hydrogens is 641 g/mol. The van der Waals surface area contributed by atoms with Crippen molar-refractivity contribution in [2.24, 2.45) is 5.92 Å². The van der Waals surface area contributed by atoms with Crippen LogP contribution in [0.4, 0.5) is 28.4 Å². The van der Waals surface area contributed by atoms with E-state index in [0.29, 0.717) is 5.92 Å². The predicted octanol–water partition coefficient (Wildman–Crippen LogP) is 13.7. The van der Waals surface area contributed by atoms with Gasteiger partial charge in [0.25, 0.3) is 0 Å². The number of anilines is 5. The minimum absolute atomic E-state index is 0.140. The Labute approximate surface area is 313 Å². The monoisotopic (exact) mass is 682 g/mol. The Balaban J connectivity index is 0.985. The van der Waals surface area contributed by atoms with E-state index in [1.807, 2.05) is 0 Å². The third-order valence-electron chi connectivity index (χ3n) is 10.9. The molecule has 0 fully saturated rings. The first-order valence-corrected chi connectivity index (χ1v) is 18.6. The van der Waals surface area contributed by atoms with E-state index in [1.165, 1.54) is 50.3 Å². The Morgan fingerprint density at radius 3 is 1.72 bits per heavy atom. The van der Waals surface area contributed by atoms with Crippen molar-refractivity contribution in [3.63, 3.8) is 0 Å². The van der Waals surface area contributed by atoms with Crippen molar-refractivity contribution in [1.82, 2.24) is 0 Å². The number of rotatable bonds is 8. The zero-order valence-electron chi connectivity index (χ0n) is 30.2. The van der Waals surface area contributed by atoms with Crippen LogP contribution in [0, 0.1) is 5.92 Å². The maximum atomic E-state index is 2.40. The highest BCUT2D eigenvalue weighted by Gasteiger charge is 2.36. The average molecular weight is 683 g/mol. The fourth-order valence-corrected chi connectivity index (χ4v) is 8.14. The van der Waals surface area contributed by atoms with E-state index in [1.54, 1.807) is 0 Å². The molecule has 3 aliphatic rings. The molecular formula is C51H42N2. The fraction of sp³-hybridized carbons (Fsp3) is 0.0980. The fourth-order valence-electron chi connectivity index (χ4n) is 8.14. The topological polar surface area (TPSA) is 6.48 Å². The predicted molar refractivity (Wildman–Crippen MR) is 225 cm³/mol. The van der Waals surface area contributed by atoms with Gasteiger partial charge in [-0.05, 0) is 112 Å². The van der Waals surface area contributed by atoms with Crippen LogP contribution in [0.25, 0.3) is 23.3 Å². The molecule has 0 saturated carbocycles. The van der Waals surface area contributed by atoms with Gasteiger partial charge < -0.3 is 9.80 Å². The number of hydrogen-bond donors (Lipinski definition) is 0. The van der Waals surface area contributed by atoms with Gasteiger partial charge in [0.15, 0.2) is 0 Å². The van der Waals surface area contributed by atoms with Gasteiger partial charge in [-0.2, -0.15) is 0 Å². The van der Waals surface area contributed by atoms with Gasteiger partial charge in [0.2, 0.25) is 0 Å². The number of allylic oxidation sites excluding steroid dienone is 7. The third-order valence-corrected chi connectivity index (χ3v) is 10.9. The number of hydrogen-bond acceptors (Lipinski definition) is 2. The molecule has 0 aromatic heterocycles. The molecule has 0 saturated heterocycles. The maximum Gasteiger partial charge on any atom is 0.0465 e. The number of fused-ring (bicyclic) bond motifs is 4. The molecule has 53 heavy (non-hydrogen) atoms. The van der Waals surface area contributed by atoms with Gasteiger partial charge in [0.1, 0.15) is 0 Å². The van der Waals surface area contributed by atoms with Gasteiger partial charge in [-0.15, -0.1) is 0 Å². The molecule has 0 N–H and O–H groups in total. The van der Waals surface area contributed by atoms with Gasteiger partial charge in [0, 0.05) is 45.5 Å². The standard InChI is InChI=1S/C51H42N2/c1-51(2)49-34-38(26-32-47(49)48-33-31-46(36-50(48)51)52(41-16-6-3-7-17-41)42-18-8-4-9-19-42)23-22-37-24-28-44(29-25-37)53(43-20-10-5-11-21-43)45-30-27-39-14-12-13-15-40(39)35-45/h3-26,28-36,39H,27H2,1-2H3/b23-22+. The van der Waals surface area contributed by atoms with Crippen LogP contribution in [0.3, 0.4) is 0 Å². The van der Waals surface area contributed by atoms with Crippen LogP contribution in [0.2, 0.25) is 0 Å². The Kier molecular flexibility index (Phi) is 8.37. The Hall–Kier alpha value is -6.38. The summed E-state index contributed by atoms with van der Waals surface area (Å²) in [5.41, 5.74) is 16.0. The number of benzene rings is 6. The molecule has 0 amide bonds. The van der Waals surface area contributed by atoms with Crippen LogP contribution in [0.15, 0.2) is 199 Å². The minimum Gasteiger partial charge on any atom is -0.311 e. The molecule has 0 aliphatic heterocycles. The molecule has 6 aromatic carbocycles. The number of nitrogens with zero attached hydrogens (tertiary/aromatic N) is 2. The van der Waals surface area contributed by atoms with E-state index in [0.717, 1.165) is 29.2 Å². The number of para-hydroxylation sites is 3. The van der Waals surface area contributed by atoms with Crippen molar-refractivity contribution in [2.75, 3.05) is 9.80 Å². The van der Waals surface area contributed by atoms with Crippen molar-refractivity contribution in [3.05, 3.63) is 222 Å². The van der Waals surface area contributed by atoms with E-state index in [-0.39, 0.29) is 5.41 Å². The smallest absolute Gasteiger partial charge is 0.0465 e.